The molecule has 2 aliphatic heterocycles. The molecular weight excluding hydrogens is 313 g/mol. The SMILES string of the molecule is CC(NC(=O)CC1CCCN1)C(C)N1CCOCC1.Cl.Cl. The third-order valence-electron chi connectivity index (χ3n) is 4.33. The van der Waals surface area contributed by atoms with Crippen molar-refractivity contribution in [2.45, 2.75) is 51.2 Å². The summed E-state index contributed by atoms with van der Waals surface area (Å²) in [5, 5.41) is 6.51. The second-order valence-electron chi connectivity index (χ2n) is 5.74. The molecule has 0 aliphatic carbocycles. The van der Waals surface area contributed by atoms with Crippen molar-refractivity contribution < 1.29 is 9.53 Å². The van der Waals surface area contributed by atoms with Gasteiger partial charge in [-0.15, -0.1) is 24.8 Å². The predicted molar refractivity (Wildman–Crippen MR) is 89.6 cm³/mol. The Bertz CT molecular complexity index is 296. The van der Waals surface area contributed by atoms with Crippen LogP contribution in [0.25, 0.3) is 0 Å². The molecule has 0 bridgehead atoms. The fourth-order valence-electron chi connectivity index (χ4n) is 2.89. The molecule has 5 nitrogen and oxygen atoms in total. The van der Waals surface area contributed by atoms with Crippen LogP contribution in [0.5, 0.6) is 0 Å². The Kier molecular flexibility index (Phi) is 10.6. The largest absolute Gasteiger partial charge is 0.379 e. The summed E-state index contributed by atoms with van der Waals surface area (Å²) in [7, 11) is 0. The van der Waals surface area contributed by atoms with Gasteiger partial charge in [-0.05, 0) is 33.2 Å². The van der Waals surface area contributed by atoms with Gasteiger partial charge in [-0.3, -0.25) is 9.69 Å². The summed E-state index contributed by atoms with van der Waals surface area (Å²) in [5.41, 5.74) is 0. The maximum absolute atomic E-state index is 12.0. The van der Waals surface area contributed by atoms with Crippen molar-refractivity contribution in [1.82, 2.24) is 15.5 Å². The number of nitrogens with one attached hydrogen (secondary N) is 2. The van der Waals surface area contributed by atoms with E-state index in [0.717, 1.165) is 39.3 Å². The lowest BCUT2D eigenvalue weighted by atomic mass is 10.1. The van der Waals surface area contributed by atoms with Crippen LogP contribution < -0.4 is 10.6 Å². The van der Waals surface area contributed by atoms with Crippen LogP contribution in [0.3, 0.4) is 0 Å². The summed E-state index contributed by atoms with van der Waals surface area (Å²) in [6.45, 7) is 8.87. The molecular formula is C14H29Cl2N3O2. The van der Waals surface area contributed by atoms with E-state index in [-0.39, 0.29) is 36.8 Å². The van der Waals surface area contributed by atoms with E-state index in [1.807, 2.05) is 0 Å². The van der Waals surface area contributed by atoms with Crippen molar-refractivity contribution in [3.8, 4) is 0 Å². The van der Waals surface area contributed by atoms with Crippen molar-refractivity contribution >= 4 is 30.7 Å². The minimum atomic E-state index is 0. The number of nitrogens with zero attached hydrogens (tertiary/aromatic N) is 1. The van der Waals surface area contributed by atoms with Crippen LogP contribution in [0.1, 0.15) is 33.1 Å². The van der Waals surface area contributed by atoms with Gasteiger partial charge in [-0.1, -0.05) is 0 Å². The lowest BCUT2D eigenvalue weighted by Crippen LogP contribution is -2.52. The van der Waals surface area contributed by atoms with Gasteiger partial charge >= 0.3 is 0 Å². The van der Waals surface area contributed by atoms with E-state index in [2.05, 4.69) is 29.4 Å². The van der Waals surface area contributed by atoms with E-state index in [1.165, 1.54) is 6.42 Å². The molecule has 2 heterocycles. The molecule has 0 aromatic carbocycles. The van der Waals surface area contributed by atoms with E-state index < -0.39 is 0 Å². The van der Waals surface area contributed by atoms with Gasteiger partial charge in [0.05, 0.1) is 13.2 Å². The van der Waals surface area contributed by atoms with Gasteiger partial charge < -0.3 is 15.4 Å². The maximum Gasteiger partial charge on any atom is 0.221 e. The third-order valence-corrected chi connectivity index (χ3v) is 4.33. The van der Waals surface area contributed by atoms with Crippen LogP contribution in [0.15, 0.2) is 0 Å². The highest BCUT2D eigenvalue weighted by atomic mass is 35.5. The first-order chi connectivity index (χ1) is 9.16. The number of ether oxygens (including phenoxy) is 1. The first-order valence-electron chi connectivity index (χ1n) is 7.51. The Morgan fingerprint density at radius 2 is 2.00 bits per heavy atom. The number of hydrogen-bond acceptors (Lipinski definition) is 4. The molecule has 2 fully saturated rings. The fraction of sp³-hybridized carbons (Fsp3) is 0.929. The van der Waals surface area contributed by atoms with Gasteiger partial charge in [0.25, 0.3) is 0 Å². The summed E-state index contributed by atoms with van der Waals surface area (Å²) < 4.78 is 5.36. The van der Waals surface area contributed by atoms with Crippen LogP contribution in [0.2, 0.25) is 0 Å². The minimum absolute atomic E-state index is 0. The molecule has 0 radical (unpaired) electrons. The lowest BCUT2D eigenvalue weighted by Gasteiger charge is -2.36. The molecule has 2 rings (SSSR count). The summed E-state index contributed by atoms with van der Waals surface area (Å²) in [6, 6.07) is 0.933. The topological polar surface area (TPSA) is 53.6 Å². The van der Waals surface area contributed by atoms with Crippen molar-refractivity contribution in [2.24, 2.45) is 0 Å². The Labute approximate surface area is 140 Å². The first kappa shape index (κ1) is 20.9. The van der Waals surface area contributed by atoms with Crippen LogP contribution in [0.4, 0.5) is 0 Å². The Hall–Kier alpha value is -0.0700. The molecule has 0 aromatic rings. The van der Waals surface area contributed by atoms with Crippen LogP contribution >= 0.6 is 24.8 Å². The lowest BCUT2D eigenvalue weighted by molar-refractivity contribution is -0.122. The number of amides is 1. The minimum Gasteiger partial charge on any atom is -0.379 e. The highest BCUT2D eigenvalue weighted by Crippen LogP contribution is 2.10. The van der Waals surface area contributed by atoms with Crippen molar-refractivity contribution in [1.29, 1.82) is 0 Å². The van der Waals surface area contributed by atoms with Crippen LogP contribution in [0, 0.1) is 0 Å². The van der Waals surface area contributed by atoms with E-state index in [9.17, 15) is 4.79 Å². The molecule has 21 heavy (non-hydrogen) atoms. The molecule has 3 atom stereocenters. The zero-order valence-corrected chi connectivity index (χ0v) is 14.6. The number of carbonyl (C=O) groups is 1. The molecule has 0 saturated carbocycles. The highest BCUT2D eigenvalue weighted by Gasteiger charge is 2.24. The van der Waals surface area contributed by atoms with Gasteiger partial charge in [-0.2, -0.15) is 0 Å². The van der Waals surface area contributed by atoms with Gasteiger partial charge in [0.2, 0.25) is 5.91 Å². The number of halogens is 2. The summed E-state index contributed by atoms with van der Waals surface area (Å²) >= 11 is 0. The molecule has 2 N–H and O–H groups in total. The standard InChI is InChI=1S/C14H27N3O2.2ClH/c1-11(12(2)17-6-8-19-9-7-17)16-14(18)10-13-4-3-5-15-13;;/h11-13,15H,3-10H2,1-2H3,(H,16,18);2*1H. The number of carbonyl (C=O) groups excluding carboxylic acids is 1. The van der Waals surface area contributed by atoms with E-state index in [0.29, 0.717) is 18.5 Å². The van der Waals surface area contributed by atoms with Crippen molar-refractivity contribution in [3.63, 3.8) is 0 Å². The average Bonchev–Trinajstić information content (AvgIpc) is 2.91. The second-order valence-corrected chi connectivity index (χ2v) is 5.74. The zero-order chi connectivity index (χ0) is 13.7. The molecule has 0 aromatic heterocycles. The van der Waals surface area contributed by atoms with Crippen molar-refractivity contribution in [2.75, 3.05) is 32.8 Å². The van der Waals surface area contributed by atoms with E-state index >= 15 is 0 Å². The Balaban J connectivity index is 0.00000200. The molecule has 2 aliphatic rings. The number of morpholine rings is 1. The Morgan fingerprint density at radius 1 is 1.33 bits per heavy atom. The average molecular weight is 342 g/mol. The number of rotatable bonds is 5. The van der Waals surface area contributed by atoms with E-state index in [4.69, 9.17) is 4.74 Å². The van der Waals surface area contributed by atoms with Gasteiger partial charge in [0.15, 0.2) is 0 Å². The first-order valence-corrected chi connectivity index (χ1v) is 7.51. The van der Waals surface area contributed by atoms with Crippen molar-refractivity contribution in [3.05, 3.63) is 0 Å². The zero-order valence-electron chi connectivity index (χ0n) is 13.0. The molecule has 3 unspecified atom stereocenters. The monoisotopic (exact) mass is 341 g/mol. The molecule has 1 amide bonds. The summed E-state index contributed by atoms with van der Waals surface area (Å²) in [4.78, 5) is 14.4. The molecule has 0 spiro atoms. The molecule has 126 valence electrons. The van der Waals surface area contributed by atoms with Crippen LogP contribution in [-0.2, 0) is 9.53 Å². The molecule has 7 heteroatoms. The summed E-state index contributed by atoms with van der Waals surface area (Å²) in [5.74, 6) is 0.173. The Morgan fingerprint density at radius 3 is 2.57 bits per heavy atom. The fourth-order valence-corrected chi connectivity index (χ4v) is 2.89. The van der Waals surface area contributed by atoms with Gasteiger partial charge in [0, 0.05) is 37.6 Å². The maximum atomic E-state index is 12.0. The highest BCUT2D eigenvalue weighted by molar-refractivity contribution is 5.85. The number of hydrogen-bond donors (Lipinski definition) is 2. The smallest absolute Gasteiger partial charge is 0.221 e. The van der Waals surface area contributed by atoms with E-state index in [1.54, 1.807) is 0 Å². The normalized spacial score (nSPS) is 25.3. The van der Waals surface area contributed by atoms with Gasteiger partial charge in [-0.25, -0.2) is 0 Å². The summed E-state index contributed by atoms with van der Waals surface area (Å²) in [6.07, 6.45) is 2.93. The predicted octanol–water partition coefficient (Wildman–Crippen LogP) is 1.20. The molecule has 2 saturated heterocycles. The third kappa shape index (κ3) is 6.70. The second kappa shape index (κ2) is 10.6. The van der Waals surface area contributed by atoms with Crippen LogP contribution in [-0.4, -0.2) is 61.8 Å². The van der Waals surface area contributed by atoms with Gasteiger partial charge in [0.1, 0.15) is 0 Å². The quantitative estimate of drug-likeness (QED) is 0.788.